The molecule has 0 N–H and O–H groups in total. The second kappa shape index (κ2) is 5.15. The lowest BCUT2D eigenvalue weighted by Crippen LogP contribution is -2.61. The Hall–Kier alpha value is -2.04. The number of piperidine rings is 1. The van der Waals surface area contributed by atoms with Crippen LogP contribution in [0.25, 0.3) is 0 Å². The highest BCUT2D eigenvalue weighted by Crippen LogP contribution is 2.32. The molecule has 0 aliphatic carbocycles. The van der Waals surface area contributed by atoms with Crippen molar-refractivity contribution in [3.63, 3.8) is 0 Å². The average molecular weight is 274 g/mol. The molecule has 2 aliphatic rings. The lowest BCUT2D eigenvalue weighted by molar-refractivity contribution is -0.144. The minimum Gasteiger partial charge on any atom is -0.495 e. The SMILES string of the molecule is COc1ccccc1N1CC(=O)N2CCCCC2C1=O. The molecular formula is C15H18N2O3. The number of hydrogen-bond acceptors (Lipinski definition) is 3. The van der Waals surface area contributed by atoms with Crippen LogP contribution in [0.3, 0.4) is 0 Å². The van der Waals surface area contributed by atoms with Crippen LogP contribution in [0.2, 0.25) is 0 Å². The highest BCUT2D eigenvalue weighted by atomic mass is 16.5. The second-order valence-electron chi connectivity index (χ2n) is 5.19. The molecule has 0 saturated carbocycles. The number of amides is 2. The normalized spacial score (nSPS) is 22.8. The summed E-state index contributed by atoms with van der Waals surface area (Å²) in [5.41, 5.74) is 0.679. The summed E-state index contributed by atoms with van der Waals surface area (Å²) in [4.78, 5) is 28.2. The zero-order valence-electron chi connectivity index (χ0n) is 11.5. The molecule has 0 bridgehead atoms. The van der Waals surface area contributed by atoms with Gasteiger partial charge in [0.25, 0.3) is 0 Å². The van der Waals surface area contributed by atoms with Gasteiger partial charge in [0.2, 0.25) is 11.8 Å². The molecule has 3 rings (SSSR count). The zero-order valence-corrected chi connectivity index (χ0v) is 11.5. The van der Waals surface area contributed by atoms with E-state index in [1.165, 1.54) is 0 Å². The summed E-state index contributed by atoms with van der Waals surface area (Å²) in [7, 11) is 1.57. The van der Waals surface area contributed by atoms with Crippen LogP contribution in [0.4, 0.5) is 5.69 Å². The predicted octanol–water partition coefficient (Wildman–Crippen LogP) is 1.42. The number of rotatable bonds is 2. The van der Waals surface area contributed by atoms with Crippen molar-refractivity contribution in [3.05, 3.63) is 24.3 Å². The van der Waals surface area contributed by atoms with Gasteiger partial charge in [-0.05, 0) is 31.4 Å². The smallest absolute Gasteiger partial charge is 0.250 e. The van der Waals surface area contributed by atoms with Gasteiger partial charge in [-0.1, -0.05) is 12.1 Å². The van der Waals surface area contributed by atoms with Crippen LogP contribution >= 0.6 is 0 Å². The van der Waals surface area contributed by atoms with Gasteiger partial charge in [0.1, 0.15) is 18.3 Å². The summed E-state index contributed by atoms with van der Waals surface area (Å²) in [5, 5.41) is 0. The van der Waals surface area contributed by atoms with Crippen LogP contribution in [0, 0.1) is 0 Å². The maximum absolute atomic E-state index is 12.7. The Bertz CT molecular complexity index is 544. The van der Waals surface area contributed by atoms with Crippen molar-refractivity contribution in [3.8, 4) is 5.75 Å². The van der Waals surface area contributed by atoms with Gasteiger partial charge in [-0.25, -0.2) is 0 Å². The molecule has 1 aromatic carbocycles. The minimum absolute atomic E-state index is 0.00815. The van der Waals surface area contributed by atoms with E-state index in [4.69, 9.17) is 4.74 Å². The Morgan fingerprint density at radius 3 is 2.80 bits per heavy atom. The van der Waals surface area contributed by atoms with Crippen LogP contribution in [0.1, 0.15) is 19.3 Å². The standard InChI is InChI=1S/C15H18N2O3/c1-20-13-8-3-2-6-11(13)17-10-14(18)16-9-5-4-7-12(16)15(17)19/h2-3,6,8,12H,4-5,7,9-10H2,1H3. The van der Waals surface area contributed by atoms with Crippen molar-refractivity contribution in [2.24, 2.45) is 0 Å². The fourth-order valence-corrected chi connectivity index (χ4v) is 3.03. The Kier molecular flexibility index (Phi) is 3.34. The van der Waals surface area contributed by atoms with Crippen molar-refractivity contribution in [2.45, 2.75) is 25.3 Å². The van der Waals surface area contributed by atoms with Crippen LogP contribution in [-0.4, -0.2) is 43.0 Å². The molecule has 0 aromatic heterocycles. The average Bonchev–Trinajstić information content (AvgIpc) is 2.51. The van der Waals surface area contributed by atoms with Crippen LogP contribution in [-0.2, 0) is 9.59 Å². The number of carbonyl (C=O) groups excluding carboxylic acids is 2. The Morgan fingerprint density at radius 2 is 2.00 bits per heavy atom. The summed E-state index contributed by atoms with van der Waals surface area (Å²) >= 11 is 0. The second-order valence-corrected chi connectivity index (χ2v) is 5.19. The molecular weight excluding hydrogens is 256 g/mol. The number of nitrogens with zero attached hydrogens (tertiary/aromatic N) is 2. The summed E-state index contributed by atoms with van der Waals surface area (Å²) < 4.78 is 5.30. The van der Waals surface area contributed by atoms with Gasteiger partial charge in [0, 0.05) is 6.54 Å². The zero-order chi connectivity index (χ0) is 14.1. The topological polar surface area (TPSA) is 49.9 Å². The molecule has 2 heterocycles. The van der Waals surface area contributed by atoms with Gasteiger partial charge in [0.05, 0.1) is 12.8 Å². The maximum Gasteiger partial charge on any atom is 0.250 e. The third kappa shape index (κ3) is 2.03. The van der Waals surface area contributed by atoms with Gasteiger partial charge < -0.3 is 9.64 Å². The molecule has 2 fully saturated rings. The predicted molar refractivity (Wildman–Crippen MR) is 74.7 cm³/mol. The van der Waals surface area contributed by atoms with Crippen LogP contribution < -0.4 is 9.64 Å². The third-order valence-electron chi connectivity index (χ3n) is 4.04. The van der Waals surface area contributed by atoms with E-state index in [0.717, 1.165) is 19.3 Å². The summed E-state index contributed by atoms with van der Waals surface area (Å²) in [5.74, 6) is 0.659. The summed E-state index contributed by atoms with van der Waals surface area (Å²) in [6.45, 7) is 0.810. The Balaban J connectivity index is 1.94. The number of carbonyl (C=O) groups is 2. The van der Waals surface area contributed by atoms with E-state index in [0.29, 0.717) is 18.0 Å². The molecule has 2 amide bonds. The van der Waals surface area contributed by atoms with E-state index in [-0.39, 0.29) is 24.4 Å². The van der Waals surface area contributed by atoms with Crippen molar-refractivity contribution in [2.75, 3.05) is 25.1 Å². The van der Waals surface area contributed by atoms with Crippen molar-refractivity contribution in [1.29, 1.82) is 0 Å². The minimum atomic E-state index is -0.296. The summed E-state index contributed by atoms with van der Waals surface area (Å²) in [6, 6.07) is 7.03. The molecule has 5 nitrogen and oxygen atoms in total. The van der Waals surface area contributed by atoms with E-state index in [1.807, 2.05) is 18.2 Å². The number of hydrogen-bond donors (Lipinski definition) is 0. The number of para-hydroxylation sites is 2. The molecule has 0 spiro atoms. The molecule has 0 radical (unpaired) electrons. The van der Waals surface area contributed by atoms with Gasteiger partial charge in [-0.2, -0.15) is 0 Å². The van der Waals surface area contributed by atoms with Crippen LogP contribution in [0.15, 0.2) is 24.3 Å². The number of methoxy groups -OCH3 is 1. The first kappa shape index (κ1) is 13.0. The molecule has 1 atom stereocenters. The van der Waals surface area contributed by atoms with E-state index >= 15 is 0 Å². The number of piperazine rings is 1. The number of anilines is 1. The molecule has 106 valence electrons. The fourth-order valence-electron chi connectivity index (χ4n) is 3.03. The molecule has 20 heavy (non-hydrogen) atoms. The fraction of sp³-hybridized carbons (Fsp3) is 0.467. The van der Waals surface area contributed by atoms with Gasteiger partial charge in [-0.15, -0.1) is 0 Å². The Morgan fingerprint density at radius 1 is 1.20 bits per heavy atom. The number of benzene rings is 1. The quantitative estimate of drug-likeness (QED) is 0.819. The molecule has 1 unspecified atom stereocenters. The highest BCUT2D eigenvalue weighted by Gasteiger charge is 2.41. The first-order valence-corrected chi connectivity index (χ1v) is 6.96. The highest BCUT2D eigenvalue weighted by molar-refractivity contribution is 6.07. The Labute approximate surface area is 118 Å². The lowest BCUT2D eigenvalue weighted by atomic mass is 9.98. The molecule has 5 heteroatoms. The van der Waals surface area contributed by atoms with Crippen molar-refractivity contribution in [1.82, 2.24) is 4.90 Å². The first-order valence-electron chi connectivity index (χ1n) is 6.96. The van der Waals surface area contributed by atoms with Crippen molar-refractivity contribution < 1.29 is 14.3 Å². The van der Waals surface area contributed by atoms with E-state index < -0.39 is 0 Å². The maximum atomic E-state index is 12.7. The van der Waals surface area contributed by atoms with Crippen molar-refractivity contribution >= 4 is 17.5 Å². The van der Waals surface area contributed by atoms with E-state index in [9.17, 15) is 9.59 Å². The largest absolute Gasteiger partial charge is 0.495 e. The van der Waals surface area contributed by atoms with Gasteiger partial charge >= 0.3 is 0 Å². The van der Waals surface area contributed by atoms with Crippen LogP contribution in [0.5, 0.6) is 5.75 Å². The number of fused-ring (bicyclic) bond motifs is 1. The van der Waals surface area contributed by atoms with Gasteiger partial charge in [0.15, 0.2) is 0 Å². The monoisotopic (exact) mass is 274 g/mol. The van der Waals surface area contributed by atoms with Gasteiger partial charge in [-0.3, -0.25) is 14.5 Å². The molecule has 2 aliphatic heterocycles. The molecule has 1 aromatic rings. The third-order valence-corrected chi connectivity index (χ3v) is 4.04. The molecule has 2 saturated heterocycles. The van der Waals surface area contributed by atoms with E-state index in [2.05, 4.69) is 0 Å². The summed E-state index contributed by atoms with van der Waals surface area (Å²) in [6.07, 6.45) is 2.75. The first-order chi connectivity index (χ1) is 9.72. The van der Waals surface area contributed by atoms with E-state index in [1.54, 1.807) is 23.0 Å². The lowest BCUT2D eigenvalue weighted by Gasteiger charge is -2.42. The number of ether oxygens (including phenoxy) is 1.